The molecule has 0 heterocycles. The molecule has 24 heavy (non-hydrogen) atoms. The van der Waals surface area contributed by atoms with Gasteiger partial charge in [-0.1, -0.05) is 35.9 Å². The van der Waals surface area contributed by atoms with E-state index < -0.39 is 0 Å². The molecule has 1 N–H and O–H groups in total. The van der Waals surface area contributed by atoms with Gasteiger partial charge in [0.25, 0.3) is 0 Å². The SMILES string of the molecule is CC(=O)N(CC(=O)Nc1cccc(C#N)c1)Cc1cccc(C)c1. The van der Waals surface area contributed by atoms with Crippen molar-refractivity contribution < 1.29 is 9.59 Å². The fourth-order valence-corrected chi connectivity index (χ4v) is 2.35. The van der Waals surface area contributed by atoms with Gasteiger partial charge in [-0.05, 0) is 30.7 Å². The summed E-state index contributed by atoms with van der Waals surface area (Å²) in [6, 6.07) is 16.5. The van der Waals surface area contributed by atoms with Crippen molar-refractivity contribution in [1.82, 2.24) is 4.90 Å². The highest BCUT2D eigenvalue weighted by Gasteiger charge is 2.14. The van der Waals surface area contributed by atoms with Gasteiger partial charge in [-0.25, -0.2) is 0 Å². The Morgan fingerprint density at radius 1 is 1.17 bits per heavy atom. The van der Waals surface area contributed by atoms with Gasteiger partial charge in [0, 0.05) is 19.2 Å². The van der Waals surface area contributed by atoms with E-state index in [9.17, 15) is 9.59 Å². The van der Waals surface area contributed by atoms with E-state index >= 15 is 0 Å². The summed E-state index contributed by atoms with van der Waals surface area (Å²) in [4.78, 5) is 25.5. The summed E-state index contributed by atoms with van der Waals surface area (Å²) in [5, 5.41) is 11.6. The number of hydrogen-bond acceptors (Lipinski definition) is 3. The summed E-state index contributed by atoms with van der Waals surface area (Å²) in [5.74, 6) is -0.467. The molecule has 122 valence electrons. The second-order valence-electron chi connectivity index (χ2n) is 5.60. The smallest absolute Gasteiger partial charge is 0.244 e. The second kappa shape index (κ2) is 7.93. The number of aryl methyl sites for hydroxylation is 1. The lowest BCUT2D eigenvalue weighted by Crippen LogP contribution is -2.36. The maximum Gasteiger partial charge on any atom is 0.244 e. The van der Waals surface area contributed by atoms with Crippen LogP contribution in [0, 0.1) is 18.3 Å². The van der Waals surface area contributed by atoms with Crippen molar-refractivity contribution in [1.29, 1.82) is 5.26 Å². The highest BCUT2D eigenvalue weighted by Crippen LogP contribution is 2.11. The molecule has 5 heteroatoms. The minimum atomic E-state index is -0.298. The fraction of sp³-hybridized carbons (Fsp3) is 0.211. The molecule has 0 radical (unpaired) electrons. The molecule has 2 aromatic carbocycles. The van der Waals surface area contributed by atoms with Crippen LogP contribution in [0.15, 0.2) is 48.5 Å². The van der Waals surface area contributed by atoms with E-state index in [0.29, 0.717) is 17.8 Å². The van der Waals surface area contributed by atoms with E-state index in [1.807, 2.05) is 37.3 Å². The monoisotopic (exact) mass is 321 g/mol. The van der Waals surface area contributed by atoms with Crippen LogP contribution in [-0.4, -0.2) is 23.3 Å². The lowest BCUT2D eigenvalue weighted by Gasteiger charge is -2.21. The highest BCUT2D eigenvalue weighted by molar-refractivity contribution is 5.94. The van der Waals surface area contributed by atoms with Gasteiger partial charge in [0.1, 0.15) is 6.54 Å². The predicted octanol–water partition coefficient (Wildman–Crippen LogP) is 2.85. The van der Waals surface area contributed by atoms with Gasteiger partial charge >= 0.3 is 0 Å². The number of anilines is 1. The van der Waals surface area contributed by atoms with Crippen LogP contribution >= 0.6 is 0 Å². The van der Waals surface area contributed by atoms with Crippen molar-refractivity contribution in [3.8, 4) is 6.07 Å². The molecular formula is C19H19N3O2. The van der Waals surface area contributed by atoms with E-state index in [-0.39, 0.29) is 18.4 Å². The van der Waals surface area contributed by atoms with E-state index in [2.05, 4.69) is 5.32 Å². The average Bonchev–Trinajstić information content (AvgIpc) is 2.54. The third-order valence-electron chi connectivity index (χ3n) is 3.51. The third-order valence-corrected chi connectivity index (χ3v) is 3.51. The van der Waals surface area contributed by atoms with Crippen LogP contribution in [0.1, 0.15) is 23.6 Å². The molecule has 0 spiro atoms. The van der Waals surface area contributed by atoms with Crippen LogP contribution in [0.4, 0.5) is 5.69 Å². The third kappa shape index (κ3) is 4.96. The minimum Gasteiger partial charge on any atom is -0.329 e. The Morgan fingerprint density at radius 2 is 1.92 bits per heavy atom. The molecule has 0 saturated carbocycles. The van der Waals surface area contributed by atoms with Crippen molar-refractivity contribution in [2.24, 2.45) is 0 Å². The maximum absolute atomic E-state index is 12.2. The molecule has 2 rings (SSSR count). The standard InChI is InChI=1S/C19H19N3O2/c1-14-5-3-7-17(9-14)12-22(15(2)23)13-19(24)21-18-8-4-6-16(10-18)11-20/h3-10H,12-13H2,1-2H3,(H,21,24). The summed E-state index contributed by atoms with van der Waals surface area (Å²) >= 11 is 0. The summed E-state index contributed by atoms with van der Waals surface area (Å²) < 4.78 is 0. The molecule has 0 aliphatic rings. The zero-order valence-corrected chi connectivity index (χ0v) is 13.7. The van der Waals surface area contributed by atoms with Gasteiger partial charge in [-0.3, -0.25) is 9.59 Å². The van der Waals surface area contributed by atoms with Crippen LogP contribution in [0.25, 0.3) is 0 Å². The summed E-state index contributed by atoms with van der Waals surface area (Å²) in [6.07, 6.45) is 0. The molecule has 0 saturated heterocycles. The van der Waals surface area contributed by atoms with Gasteiger partial charge < -0.3 is 10.2 Å². The van der Waals surface area contributed by atoms with E-state index in [0.717, 1.165) is 11.1 Å². The van der Waals surface area contributed by atoms with Crippen LogP contribution < -0.4 is 5.32 Å². The lowest BCUT2D eigenvalue weighted by molar-refractivity contribution is -0.133. The van der Waals surface area contributed by atoms with Gasteiger partial charge in [-0.2, -0.15) is 5.26 Å². The fourth-order valence-electron chi connectivity index (χ4n) is 2.35. The molecule has 0 aliphatic carbocycles. The quantitative estimate of drug-likeness (QED) is 0.920. The zero-order valence-electron chi connectivity index (χ0n) is 13.7. The average molecular weight is 321 g/mol. The molecule has 0 unspecified atom stereocenters. The van der Waals surface area contributed by atoms with Crippen molar-refractivity contribution in [3.63, 3.8) is 0 Å². The highest BCUT2D eigenvalue weighted by atomic mass is 16.2. The number of amides is 2. The molecule has 5 nitrogen and oxygen atoms in total. The van der Waals surface area contributed by atoms with Crippen LogP contribution in [-0.2, 0) is 16.1 Å². The number of benzene rings is 2. The lowest BCUT2D eigenvalue weighted by atomic mass is 10.1. The number of hydrogen-bond donors (Lipinski definition) is 1. The van der Waals surface area contributed by atoms with E-state index in [4.69, 9.17) is 5.26 Å². The van der Waals surface area contributed by atoms with E-state index in [1.54, 1.807) is 24.3 Å². The van der Waals surface area contributed by atoms with Gasteiger partial charge in [-0.15, -0.1) is 0 Å². The Kier molecular flexibility index (Phi) is 5.69. The Hall–Kier alpha value is -3.13. The van der Waals surface area contributed by atoms with Crippen LogP contribution in [0.5, 0.6) is 0 Å². The molecule has 0 atom stereocenters. The Labute approximate surface area is 141 Å². The first-order chi connectivity index (χ1) is 11.5. The van der Waals surface area contributed by atoms with Crippen LogP contribution in [0.3, 0.4) is 0 Å². The molecule has 0 aromatic heterocycles. The number of nitriles is 1. The summed E-state index contributed by atoms with van der Waals surface area (Å²) in [5.41, 5.74) is 3.09. The van der Waals surface area contributed by atoms with Crippen molar-refractivity contribution in [2.75, 3.05) is 11.9 Å². The number of nitrogens with zero attached hydrogens (tertiary/aromatic N) is 2. The maximum atomic E-state index is 12.2. The molecule has 2 amide bonds. The van der Waals surface area contributed by atoms with Crippen LogP contribution in [0.2, 0.25) is 0 Å². The molecular weight excluding hydrogens is 302 g/mol. The summed E-state index contributed by atoms with van der Waals surface area (Å²) in [6.45, 7) is 3.76. The topological polar surface area (TPSA) is 73.2 Å². The first-order valence-corrected chi connectivity index (χ1v) is 7.59. The normalized spacial score (nSPS) is 9.88. The first-order valence-electron chi connectivity index (χ1n) is 7.59. The van der Waals surface area contributed by atoms with Gasteiger partial charge in [0.2, 0.25) is 11.8 Å². The molecule has 0 aliphatic heterocycles. The van der Waals surface area contributed by atoms with E-state index in [1.165, 1.54) is 11.8 Å². The van der Waals surface area contributed by atoms with Gasteiger partial charge in [0.15, 0.2) is 0 Å². The number of nitrogens with one attached hydrogen (secondary N) is 1. The largest absolute Gasteiger partial charge is 0.329 e. The summed E-state index contributed by atoms with van der Waals surface area (Å²) in [7, 11) is 0. The molecule has 0 fully saturated rings. The minimum absolute atomic E-state index is 0.0416. The van der Waals surface area contributed by atoms with Crippen molar-refractivity contribution >= 4 is 17.5 Å². The predicted molar refractivity (Wildman–Crippen MR) is 92.1 cm³/mol. The number of carbonyl (C=O) groups is 2. The Bertz CT molecular complexity index is 793. The van der Waals surface area contributed by atoms with Crippen molar-refractivity contribution in [2.45, 2.75) is 20.4 Å². The number of rotatable bonds is 5. The Morgan fingerprint density at radius 3 is 2.58 bits per heavy atom. The Balaban J connectivity index is 2.03. The molecule has 0 bridgehead atoms. The number of carbonyl (C=O) groups excluding carboxylic acids is 2. The first kappa shape index (κ1) is 17.2. The zero-order chi connectivity index (χ0) is 17.5. The second-order valence-corrected chi connectivity index (χ2v) is 5.60. The van der Waals surface area contributed by atoms with Crippen molar-refractivity contribution in [3.05, 3.63) is 65.2 Å². The van der Waals surface area contributed by atoms with Gasteiger partial charge in [0.05, 0.1) is 11.6 Å². The molecule has 2 aromatic rings.